The Hall–Kier alpha value is -2.96. The van der Waals surface area contributed by atoms with E-state index in [4.69, 9.17) is 4.74 Å². The molecule has 66 heavy (non-hydrogen) atoms. The Morgan fingerprint density at radius 3 is 1.30 bits per heavy atom. The number of unbranched alkanes of at least 4 members (excludes halogenated alkanes) is 28. The summed E-state index contributed by atoms with van der Waals surface area (Å²) in [5.74, 6) is -0.540. The van der Waals surface area contributed by atoms with Gasteiger partial charge in [-0.05, 0) is 70.6 Å². The number of aliphatic hydroxyl groups excluding tert-OH is 2. The molecule has 0 aromatic heterocycles. The van der Waals surface area contributed by atoms with Crippen LogP contribution in [0.4, 0.5) is 0 Å². The van der Waals surface area contributed by atoms with Crippen molar-refractivity contribution in [2.75, 3.05) is 6.61 Å². The van der Waals surface area contributed by atoms with Gasteiger partial charge in [-0.25, -0.2) is 0 Å². The molecule has 0 saturated heterocycles. The van der Waals surface area contributed by atoms with E-state index in [-0.39, 0.29) is 24.9 Å². The largest absolute Gasteiger partial charge is 0.462 e. The zero-order chi connectivity index (χ0) is 48.1. The first-order valence-electron chi connectivity index (χ1n) is 27.9. The Balaban J connectivity index is 4.66. The molecule has 1 amide bonds. The third-order valence-electron chi connectivity index (χ3n) is 12.4. The molecule has 0 radical (unpaired) electrons. The van der Waals surface area contributed by atoms with Gasteiger partial charge in [0.2, 0.25) is 5.91 Å². The Kier molecular flexibility index (Phi) is 50.6. The van der Waals surface area contributed by atoms with Crippen LogP contribution in [0.1, 0.15) is 258 Å². The van der Waals surface area contributed by atoms with Crippen LogP contribution >= 0.6 is 0 Å². The van der Waals surface area contributed by atoms with E-state index in [0.717, 1.165) is 83.5 Å². The first-order chi connectivity index (χ1) is 32.5. The number of allylic oxidation sites excluding steroid dienone is 14. The van der Waals surface area contributed by atoms with Crippen LogP contribution in [0.15, 0.2) is 85.1 Å². The molecule has 0 saturated carbocycles. The zero-order valence-electron chi connectivity index (χ0n) is 43.3. The lowest BCUT2D eigenvalue weighted by Crippen LogP contribution is -2.46. The van der Waals surface area contributed by atoms with Crippen molar-refractivity contribution in [2.45, 2.75) is 277 Å². The fourth-order valence-electron chi connectivity index (χ4n) is 8.16. The van der Waals surface area contributed by atoms with Crippen molar-refractivity contribution in [1.82, 2.24) is 5.32 Å². The van der Waals surface area contributed by atoms with E-state index in [1.165, 1.54) is 128 Å². The summed E-state index contributed by atoms with van der Waals surface area (Å²) in [7, 11) is 0. The number of esters is 1. The van der Waals surface area contributed by atoms with Gasteiger partial charge in [0.1, 0.15) is 6.10 Å². The molecule has 3 atom stereocenters. The molecule has 0 fully saturated rings. The van der Waals surface area contributed by atoms with Gasteiger partial charge in [0.05, 0.1) is 25.2 Å². The van der Waals surface area contributed by atoms with Crippen LogP contribution in [-0.2, 0) is 14.3 Å². The van der Waals surface area contributed by atoms with Gasteiger partial charge in [0.25, 0.3) is 0 Å². The number of carbonyl (C=O) groups is 2. The predicted molar refractivity (Wildman–Crippen MR) is 287 cm³/mol. The van der Waals surface area contributed by atoms with Crippen LogP contribution in [0.3, 0.4) is 0 Å². The van der Waals surface area contributed by atoms with E-state index in [2.05, 4.69) is 62.5 Å². The lowest BCUT2D eigenvalue weighted by Gasteiger charge is -2.24. The van der Waals surface area contributed by atoms with Crippen molar-refractivity contribution in [1.29, 1.82) is 0 Å². The molecule has 0 bridgehead atoms. The number of aliphatic hydroxyl groups is 2. The molecule has 0 heterocycles. The third-order valence-corrected chi connectivity index (χ3v) is 12.4. The van der Waals surface area contributed by atoms with Crippen molar-refractivity contribution < 1.29 is 24.5 Å². The third kappa shape index (κ3) is 47.5. The molecule has 0 aliphatic carbocycles. The van der Waals surface area contributed by atoms with E-state index in [9.17, 15) is 19.8 Å². The van der Waals surface area contributed by atoms with Crippen LogP contribution in [0.2, 0.25) is 0 Å². The number of hydrogen-bond acceptors (Lipinski definition) is 5. The van der Waals surface area contributed by atoms with Gasteiger partial charge in [-0.2, -0.15) is 0 Å². The van der Waals surface area contributed by atoms with Crippen LogP contribution < -0.4 is 5.32 Å². The van der Waals surface area contributed by atoms with Crippen LogP contribution in [0.25, 0.3) is 0 Å². The summed E-state index contributed by atoms with van der Waals surface area (Å²) in [4.78, 5) is 26.2. The number of amides is 1. The minimum atomic E-state index is -0.804. The minimum Gasteiger partial charge on any atom is -0.462 e. The van der Waals surface area contributed by atoms with Gasteiger partial charge in [0, 0.05) is 6.42 Å². The van der Waals surface area contributed by atoms with E-state index >= 15 is 0 Å². The van der Waals surface area contributed by atoms with Gasteiger partial charge in [-0.15, -0.1) is 0 Å². The van der Waals surface area contributed by atoms with Crippen LogP contribution in [-0.4, -0.2) is 46.9 Å². The van der Waals surface area contributed by atoms with Gasteiger partial charge in [0.15, 0.2) is 0 Å². The normalized spacial score (nSPS) is 13.8. The molecule has 0 aliphatic heterocycles. The summed E-state index contributed by atoms with van der Waals surface area (Å²) in [6.07, 6.45) is 69.3. The molecule has 0 aromatic carbocycles. The second-order valence-corrected chi connectivity index (χ2v) is 18.8. The van der Waals surface area contributed by atoms with Crippen LogP contribution in [0.5, 0.6) is 0 Å². The van der Waals surface area contributed by atoms with Crippen molar-refractivity contribution in [3.8, 4) is 0 Å². The van der Waals surface area contributed by atoms with Crippen LogP contribution in [0, 0.1) is 0 Å². The Labute approximate surface area is 408 Å². The van der Waals surface area contributed by atoms with Crippen molar-refractivity contribution in [3.05, 3.63) is 85.1 Å². The standard InChI is InChI=1S/C60H105NO5/c1-4-7-10-13-16-19-22-25-28-30-32-35-38-41-44-47-50-53-60(65)66-56(51-48-45-42-39-36-33-27-24-21-18-15-12-9-6-3)54-59(64)61-57(55-62)58(63)52-49-46-43-40-37-34-31-29-26-23-20-17-14-11-8-5-2/h7,10,13,16,19,22,25,28,30,32-33,35-36,38,56-58,62-63H,4-6,8-9,11-12,14-15,17-18,20-21,23-24,26-27,29,31,34,37,39-55H2,1-3H3,(H,61,64)/b10-7-,16-13+,22-19+,28-25-,32-30+,36-33+,38-35+. The molecule has 0 aromatic rings. The van der Waals surface area contributed by atoms with Gasteiger partial charge in [-0.1, -0.05) is 260 Å². The van der Waals surface area contributed by atoms with Gasteiger partial charge >= 0.3 is 5.97 Å². The van der Waals surface area contributed by atoms with E-state index in [1.54, 1.807) is 0 Å². The molecule has 0 aliphatic rings. The molecule has 0 rings (SSSR count). The summed E-state index contributed by atoms with van der Waals surface area (Å²) in [6, 6.07) is -0.721. The van der Waals surface area contributed by atoms with E-state index in [1.807, 2.05) is 48.6 Å². The summed E-state index contributed by atoms with van der Waals surface area (Å²) in [6.45, 7) is 6.34. The smallest absolute Gasteiger partial charge is 0.306 e. The zero-order valence-corrected chi connectivity index (χ0v) is 43.3. The molecule has 3 N–H and O–H groups in total. The second kappa shape index (κ2) is 53.0. The molecule has 6 nitrogen and oxygen atoms in total. The monoisotopic (exact) mass is 920 g/mol. The summed E-state index contributed by atoms with van der Waals surface area (Å²) in [5, 5.41) is 23.9. The number of rotatable bonds is 49. The number of ether oxygens (including phenoxy) is 1. The molecule has 3 unspecified atom stereocenters. The highest BCUT2D eigenvalue weighted by Gasteiger charge is 2.24. The van der Waals surface area contributed by atoms with Crippen molar-refractivity contribution in [2.24, 2.45) is 0 Å². The molecule has 380 valence electrons. The lowest BCUT2D eigenvalue weighted by molar-refractivity contribution is -0.151. The quantitative estimate of drug-likeness (QED) is 0.0245. The molecular weight excluding hydrogens is 815 g/mol. The molecule has 0 spiro atoms. The van der Waals surface area contributed by atoms with Crippen molar-refractivity contribution >= 4 is 11.9 Å². The topological polar surface area (TPSA) is 95.9 Å². The van der Waals surface area contributed by atoms with Crippen molar-refractivity contribution in [3.63, 3.8) is 0 Å². The highest BCUT2D eigenvalue weighted by molar-refractivity contribution is 5.77. The second-order valence-electron chi connectivity index (χ2n) is 18.8. The summed E-state index contributed by atoms with van der Waals surface area (Å²) in [5.41, 5.74) is 0. The van der Waals surface area contributed by atoms with E-state index in [0.29, 0.717) is 19.3 Å². The first kappa shape index (κ1) is 63.0. The SMILES string of the molecule is CC\C=C/C=C/C=C/C=C\C=C\C=C\CCCCCC(=O)OC(CCCCC/C=C/CCCCCCCCC)CC(=O)NC(CO)C(O)CCCCCCCCCCCCCCCCCC. The molecular formula is C60H105NO5. The summed E-state index contributed by atoms with van der Waals surface area (Å²) >= 11 is 0. The maximum absolute atomic E-state index is 13.2. The Morgan fingerprint density at radius 2 is 0.833 bits per heavy atom. The highest BCUT2D eigenvalue weighted by Crippen LogP contribution is 2.18. The average molecular weight is 921 g/mol. The first-order valence-corrected chi connectivity index (χ1v) is 27.9. The predicted octanol–water partition coefficient (Wildman–Crippen LogP) is 17.1. The lowest BCUT2D eigenvalue weighted by atomic mass is 10.0. The van der Waals surface area contributed by atoms with Gasteiger partial charge < -0.3 is 20.3 Å². The maximum atomic E-state index is 13.2. The number of hydrogen-bond donors (Lipinski definition) is 3. The number of nitrogens with one attached hydrogen (secondary N) is 1. The average Bonchev–Trinajstić information content (AvgIpc) is 3.31. The Morgan fingerprint density at radius 1 is 0.455 bits per heavy atom. The fraction of sp³-hybridized carbons (Fsp3) is 0.733. The minimum absolute atomic E-state index is 0.0455. The van der Waals surface area contributed by atoms with E-state index < -0.39 is 18.2 Å². The highest BCUT2D eigenvalue weighted by atomic mass is 16.5. The maximum Gasteiger partial charge on any atom is 0.306 e. The number of carbonyl (C=O) groups excluding carboxylic acids is 2. The summed E-state index contributed by atoms with van der Waals surface area (Å²) < 4.78 is 5.92. The fourth-order valence-corrected chi connectivity index (χ4v) is 8.16. The Bertz CT molecular complexity index is 1260. The molecule has 6 heteroatoms. The van der Waals surface area contributed by atoms with Gasteiger partial charge in [-0.3, -0.25) is 9.59 Å².